The van der Waals surface area contributed by atoms with Gasteiger partial charge in [0.25, 0.3) is 0 Å². The van der Waals surface area contributed by atoms with Crippen LogP contribution in [0.1, 0.15) is 32.6 Å². The Kier molecular flexibility index (Phi) is 4.09. The quantitative estimate of drug-likeness (QED) is 0.834. The number of carbonyl (C=O) groups excluding carboxylic acids is 1. The van der Waals surface area contributed by atoms with Gasteiger partial charge in [-0.15, -0.1) is 0 Å². The average Bonchev–Trinajstić information content (AvgIpc) is 2.50. The van der Waals surface area contributed by atoms with Gasteiger partial charge < -0.3 is 10.6 Å². The van der Waals surface area contributed by atoms with Crippen LogP contribution in [0.2, 0.25) is 0 Å². The number of amides is 2. The van der Waals surface area contributed by atoms with Gasteiger partial charge in [0.05, 0.1) is 5.69 Å². The van der Waals surface area contributed by atoms with Gasteiger partial charge in [0.1, 0.15) is 0 Å². The molecule has 21 heavy (non-hydrogen) atoms. The molecule has 0 aromatic heterocycles. The third kappa shape index (κ3) is 3.18. The van der Waals surface area contributed by atoms with Crippen molar-refractivity contribution in [3.63, 3.8) is 0 Å². The van der Waals surface area contributed by atoms with E-state index >= 15 is 0 Å². The van der Waals surface area contributed by atoms with Crippen LogP contribution in [0.25, 0.3) is 10.8 Å². The first-order valence-corrected chi connectivity index (χ1v) is 7.79. The molecule has 2 aromatic carbocycles. The van der Waals surface area contributed by atoms with E-state index in [-0.39, 0.29) is 6.03 Å². The summed E-state index contributed by atoms with van der Waals surface area (Å²) in [4.78, 5) is 12.2. The number of benzene rings is 2. The molecule has 1 fully saturated rings. The Morgan fingerprint density at radius 1 is 1.05 bits per heavy atom. The van der Waals surface area contributed by atoms with Crippen LogP contribution < -0.4 is 10.6 Å². The van der Waals surface area contributed by atoms with Crippen molar-refractivity contribution in [3.8, 4) is 0 Å². The third-order valence-corrected chi connectivity index (χ3v) is 4.47. The van der Waals surface area contributed by atoms with Crippen LogP contribution in [0.4, 0.5) is 10.5 Å². The lowest BCUT2D eigenvalue weighted by atomic mass is 9.86. The van der Waals surface area contributed by atoms with Crippen molar-refractivity contribution in [2.24, 2.45) is 5.92 Å². The Labute approximate surface area is 125 Å². The molecule has 0 aliphatic heterocycles. The molecular formula is C18H22N2O. The van der Waals surface area contributed by atoms with Gasteiger partial charge in [0, 0.05) is 11.4 Å². The molecule has 1 aliphatic rings. The first-order chi connectivity index (χ1) is 10.2. The largest absolute Gasteiger partial charge is 0.335 e. The lowest BCUT2D eigenvalue weighted by molar-refractivity contribution is 0.232. The standard InChI is InChI=1S/C18H22N2O/c1-13-7-2-5-11-16(13)19-18(21)20-17-12-6-9-14-8-3-4-10-15(14)17/h3-4,6,8-10,12-13,16H,2,5,7,11H2,1H3,(H2,19,20,21)/t13-,16-/m1/s1. The zero-order chi connectivity index (χ0) is 14.7. The van der Waals surface area contributed by atoms with Crippen molar-refractivity contribution in [1.29, 1.82) is 0 Å². The lowest BCUT2D eigenvalue weighted by Gasteiger charge is -2.29. The molecule has 110 valence electrons. The van der Waals surface area contributed by atoms with Gasteiger partial charge in [-0.2, -0.15) is 0 Å². The van der Waals surface area contributed by atoms with Crippen LogP contribution in [0.3, 0.4) is 0 Å². The third-order valence-electron chi connectivity index (χ3n) is 4.47. The smallest absolute Gasteiger partial charge is 0.319 e. The average molecular weight is 282 g/mol. The minimum absolute atomic E-state index is 0.0925. The Morgan fingerprint density at radius 2 is 1.81 bits per heavy atom. The van der Waals surface area contributed by atoms with Crippen LogP contribution in [0.5, 0.6) is 0 Å². The molecule has 2 aromatic rings. The molecule has 0 radical (unpaired) electrons. The minimum Gasteiger partial charge on any atom is -0.335 e. The second kappa shape index (κ2) is 6.17. The Bertz CT molecular complexity index is 633. The molecule has 0 unspecified atom stereocenters. The van der Waals surface area contributed by atoms with Crippen molar-refractivity contribution < 1.29 is 4.79 Å². The molecule has 3 heteroatoms. The van der Waals surface area contributed by atoms with Crippen molar-refractivity contribution in [1.82, 2.24) is 5.32 Å². The van der Waals surface area contributed by atoms with E-state index in [1.54, 1.807) is 0 Å². The predicted octanol–water partition coefficient (Wildman–Crippen LogP) is 4.54. The first-order valence-electron chi connectivity index (χ1n) is 7.79. The summed E-state index contributed by atoms with van der Waals surface area (Å²) in [7, 11) is 0. The molecule has 3 rings (SSSR count). The van der Waals surface area contributed by atoms with Crippen LogP contribution in [-0.4, -0.2) is 12.1 Å². The van der Waals surface area contributed by atoms with Crippen LogP contribution in [0.15, 0.2) is 42.5 Å². The van der Waals surface area contributed by atoms with Gasteiger partial charge in [-0.1, -0.05) is 56.2 Å². The van der Waals surface area contributed by atoms with Gasteiger partial charge >= 0.3 is 6.03 Å². The summed E-state index contributed by atoms with van der Waals surface area (Å²) in [6.45, 7) is 2.22. The van der Waals surface area contributed by atoms with Crippen molar-refractivity contribution in [2.45, 2.75) is 38.6 Å². The highest BCUT2D eigenvalue weighted by atomic mass is 16.2. The van der Waals surface area contributed by atoms with Crippen LogP contribution in [0, 0.1) is 5.92 Å². The fourth-order valence-corrected chi connectivity index (χ4v) is 3.19. The van der Waals surface area contributed by atoms with Crippen LogP contribution in [-0.2, 0) is 0 Å². The molecular weight excluding hydrogens is 260 g/mol. The lowest BCUT2D eigenvalue weighted by Crippen LogP contribution is -2.43. The van der Waals surface area contributed by atoms with Gasteiger partial charge in [-0.05, 0) is 30.2 Å². The number of hydrogen-bond acceptors (Lipinski definition) is 1. The maximum absolute atomic E-state index is 12.2. The van der Waals surface area contributed by atoms with E-state index in [0.717, 1.165) is 22.9 Å². The van der Waals surface area contributed by atoms with E-state index in [1.807, 2.05) is 30.3 Å². The number of rotatable bonds is 2. The van der Waals surface area contributed by atoms with E-state index in [2.05, 4.69) is 29.7 Å². The number of urea groups is 1. The molecule has 1 aliphatic carbocycles. The van der Waals surface area contributed by atoms with Crippen molar-refractivity contribution >= 4 is 22.5 Å². The molecule has 1 saturated carbocycles. The van der Waals surface area contributed by atoms with Crippen molar-refractivity contribution in [3.05, 3.63) is 42.5 Å². The number of carbonyl (C=O) groups is 1. The minimum atomic E-state index is -0.0925. The number of anilines is 1. The second-order valence-electron chi connectivity index (χ2n) is 5.99. The molecule has 2 N–H and O–H groups in total. The number of fused-ring (bicyclic) bond motifs is 1. The second-order valence-corrected chi connectivity index (χ2v) is 5.99. The highest BCUT2D eigenvalue weighted by molar-refractivity contribution is 6.01. The summed E-state index contributed by atoms with van der Waals surface area (Å²) in [6, 6.07) is 14.3. The molecule has 0 saturated heterocycles. The summed E-state index contributed by atoms with van der Waals surface area (Å²) < 4.78 is 0. The molecule has 0 heterocycles. The first kappa shape index (κ1) is 13.9. The summed E-state index contributed by atoms with van der Waals surface area (Å²) in [6.07, 6.45) is 4.79. The predicted molar refractivity (Wildman–Crippen MR) is 87.5 cm³/mol. The Balaban J connectivity index is 1.71. The van der Waals surface area contributed by atoms with E-state index in [1.165, 1.54) is 19.3 Å². The molecule has 2 atom stereocenters. The Hall–Kier alpha value is -2.03. The molecule has 0 spiro atoms. The highest BCUT2D eigenvalue weighted by Crippen LogP contribution is 2.25. The van der Waals surface area contributed by atoms with E-state index in [9.17, 15) is 4.79 Å². The normalized spacial score (nSPS) is 22.0. The highest BCUT2D eigenvalue weighted by Gasteiger charge is 2.22. The maximum Gasteiger partial charge on any atom is 0.319 e. The summed E-state index contributed by atoms with van der Waals surface area (Å²) in [5.41, 5.74) is 0.870. The van der Waals surface area contributed by atoms with E-state index in [0.29, 0.717) is 12.0 Å². The molecule has 2 amide bonds. The van der Waals surface area contributed by atoms with Gasteiger partial charge in [-0.3, -0.25) is 0 Å². The van der Waals surface area contributed by atoms with Gasteiger partial charge in [0.15, 0.2) is 0 Å². The molecule has 0 bridgehead atoms. The molecule has 3 nitrogen and oxygen atoms in total. The SMILES string of the molecule is C[C@@H]1CCCC[C@H]1NC(=O)Nc1cccc2ccccc12. The van der Waals surface area contributed by atoms with Crippen molar-refractivity contribution in [2.75, 3.05) is 5.32 Å². The number of nitrogens with one attached hydrogen (secondary N) is 2. The van der Waals surface area contributed by atoms with Gasteiger partial charge in [-0.25, -0.2) is 4.79 Å². The van der Waals surface area contributed by atoms with Gasteiger partial charge in [0.2, 0.25) is 0 Å². The topological polar surface area (TPSA) is 41.1 Å². The monoisotopic (exact) mass is 282 g/mol. The summed E-state index contributed by atoms with van der Waals surface area (Å²) in [5.74, 6) is 0.567. The zero-order valence-electron chi connectivity index (χ0n) is 12.4. The van der Waals surface area contributed by atoms with E-state index < -0.39 is 0 Å². The fraction of sp³-hybridized carbons (Fsp3) is 0.389. The fourth-order valence-electron chi connectivity index (χ4n) is 3.19. The van der Waals surface area contributed by atoms with E-state index in [4.69, 9.17) is 0 Å². The van der Waals surface area contributed by atoms with Crippen LogP contribution >= 0.6 is 0 Å². The number of hydrogen-bond donors (Lipinski definition) is 2. The zero-order valence-corrected chi connectivity index (χ0v) is 12.4. The maximum atomic E-state index is 12.2. The summed E-state index contributed by atoms with van der Waals surface area (Å²) in [5, 5.41) is 8.35. The summed E-state index contributed by atoms with van der Waals surface area (Å²) >= 11 is 0. The Morgan fingerprint density at radius 3 is 2.67 bits per heavy atom.